The number of anilines is 2. The maximum atomic E-state index is 12.5. The first kappa shape index (κ1) is 19.8. The number of rotatable bonds is 6. The van der Waals surface area contributed by atoms with E-state index in [-0.39, 0.29) is 23.9 Å². The van der Waals surface area contributed by atoms with Gasteiger partial charge in [0.15, 0.2) is 0 Å². The molecule has 0 aliphatic heterocycles. The number of amides is 3. The van der Waals surface area contributed by atoms with Crippen LogP contribution in [0.2, 0.25) is 0 Å². The molecule has 0 aliphatic carbocycles. The molecule has 29 heavy (non-hydrogen) atoms. The molecule has 3 N–H and O–H groups in total. The Morgan fingerprint density at radius 2 is 1.66 bits per heavy atom. The Balaban J connectivity index is 1.68. The second kappa shape index (κ2) is 8.83. The second-order valence-electron chi connectivity index (χ2n) is 6.35. The van der Waals surface area contributed by atoms with Crippen molar-refractivity contribution in [3.8, 4) is 0 Å². The van der Waals surface area contributed by atoms with Gasteiger partial charge in [0.05, 0.1) is 17.5 Å². The molecular formula is C21H21N5O3. The number of aromatic nitrogens is 2. The van der Waals surface area contributed by atoms with Gasteiger partial charge in [0.2, 0.25) is 5.91 Å². The van der Waals surface area contributed by atoms with Crippen molar-refractivity contribution < 1.29 is 9.59 Å². The Labute approximate surface area is 167 Å². The van der Waals surface area contributed by atoms with E-state index in [0.29, 0.717) is 34.4 Å². The van der Waals surface area contributed by atoms with E-state index in [9.17, 15) is 14.4 Å². The first-order chi connectivity index (χ1) is 14.0. The number of nitrogens with zero attached hydrogens (tertiary/aromatic N) is 2. The SMILES string of the molecule is C=CCNC(=O)Nc1ccc(NC(=O)Cc2nn(C)c(=O)c3ccccc23)cc1. The molecule has 3 aromatic rings. The minimum atomic E-state index is -0.339. The third-order valence-corrected chi connectivity index (χ3v) is 4.19. The van der Waals surface area contributed by atoms with Gasteiger partial charge in [-0.3, -0.25) is 9.59 Å². The molecule has 0 saturated heterocycles. The standard InChI is InChI=1S/C21H21N5O3/c1-3-12-22-21(29)24-15-10-8-14(9-11-15)23-19(27)13-18-16-6-4-5-7-17(16)20(28)26(2)25-18/h3-11H,1,12-13H2,2H3,(H,23,27)(H2,22,24,29). The largest absolute Gasteiger partial charge is 0.334 e. The average molecular weight is 391 g/mol. The zero-order chi connectivity index (χ0) is 20.8. The molecular weight excluding hydrogens is 370 g/mol. The van der Waals surface area contributed by atoms with Gasteiger partial charge in [0.25, 0.3) is 5.56 Å². The minimum absolute atomic E-state index is 0.0264. The van der Waals surface area contributed by atoms with Crippen LogP contribution in [0.3, 0.4) is 0 Å². The summed E-state index contributed by atoms with van der Waals surface area (Å²) >= 11 is 0. The number of carbonyl (C=O) groups excluding carboxylic acids is 2. The van der Waals surface area contributed by atoms with Crippen LogP contribution >= 0.6 is 0 Å². The molecule has 1 heterocycles. The first-order valence-corrected chi connectivity index (χ1v) is 8.98. The van der Waals surface area contributed by atoms with E-state index in [1.54, 1.807) is 55.6 Å². The minimum Gasteiger partial charge on any atom is -0.334 e. The highest BCUT2D eigenvalue weighted by Gasteiger charge is 2.12. The van der Waals surface area contributed by atoms with Gasteiger partial charge < -0.3 is 16.0 Å². The second-order valence-corrected chi connectivity index (χ2v) is 6.35. The fourth-order valence-electron chi connectivity index (χ4n) is 2.84. The summed E-state index contributed by atoms with van der Waals surface area (Å²) in [5.41, 5.74) is 1.50. The summed E-state index contributed by atoms with van der Waals surface area (Å²) in [6.07, 6.45) is 1.61. The number of aryl methyl sites for hydroxylation is 1. The van der Waals surface area contributed by atoms with Crippen molar-refractivity contribution in [2.24, 2.45) is 7.05 Å². The molecule has 2 aromatic carbocycles. The summed E-state index contributed by atoms with van der Waals surface area (Å²) in [6.45, 7) is 3.90. The third-order valence-electron chi connectivity index (χ3n) is 4.19. The molecule has 0 bridgehead atoms. The first-order valence-electron chi connectivity index (χ1n) is 8.98. The highest BCUT2D eigenvalue weighted by Crippen LogP contribution is 2.16. The monoisotopic (exact) mass is 391 g/mol. The fourth-order valence-corrected chi connectivity index (χ4v) is 2.84. The van der Waals surface area contributed by atoms with E-state index in [2.05, 4.69) is 27.6 Å². The molecule has 0 spiro atoms. The molecule has 0 radical (unpaired) electrons. The van der Waals surface area contributed by atoms with E-state index >= 15 is 0 Å². The molecule has 1 aromatic heterocycles. The van der Waals surface area contributed by atoms with Crippen molar-refractivity contribution in [1.82, 2.24) is 15.1 Å². The van der Waals surface area contributed by atoms with Crippen molar-refractivity contribution in [2.75, 3.05) is 17.2 Å². The number of fused-ring (bicyclic) bond motifs is 1. The van der Waals surface area contributed by atoms with Crippen LogP contribution in [0.15, 0.2) is 66.0 Å². The van der Waals surface area contributed by atoms with Gasteiger partial charge in [-0.15, -0.1) is 6.58 Å². The van der Waals surface area contributed by atoms with Crippen molar-refractivity contribution in [1.29, 1.82) is 0 Å². The van der Waals surface area contributed by atoms with Crippen LogP contribution in [0.25, 0.3) is 10.8 Å². The van der Waals surface area contributed by atoms with Crippen molar-refractivity contribution in [3.63, 3.8) is 0 Å². The van der Waals surface area contributed by atoms with E-state index in [4.69, 9.17) is 0 Å². The topological polar surface area (TPSA) is 105 Å². The zero-order valence-corrected chi connectivity index (χ0v) is 15.9. The van der Waals surface area contributed by atoms with Crippen molar-refractivity contribution >= 4 is 34.1 Å². The summed E-state index contributed by atoms with van der Waals surface area (Å²) in [4.78, 5) is 36.3. The van der Waals surface area contributed by atoms with Gasteiger partial charge in [-0.2, -0.15) is 5.10 Å². The quantitative estimate of drug-likeness (QED) is 0.561. The molecule has 8 nitrogen and oxygen atoms in total. The van der Waals surface area contributed by atoms with Crippen LogP contribution in [0.4, 0.5) is 16.2 Å². The molecule has 0 fully saturated rings. The Kier molecular flexibility index (Phi) is 6.03. The lowest BCUT2D eigenvalue weighted by Gasteiger charge is -2.10. The van der Waals surface area contributed by atoms with Gasteiger partial charge in [-0.1, -0.05) is 24.3 Å². The Bertz CT molecular complexity index is 1120. The number of nitrogens with one attached hydrogen (secondary N) is 3. The third kappa shape index (κ3) is 4.86. The summed E-state index contributed by atoms with van der Waals surface area (Å²) in [6, 6.07) is 13.5. The number of benzene rings is 2. The Hall–Kier alpha value is -3.94. The van der Waals surface area contributed by atoms with Crippen LogP contribution in [0.5, 0.6) is 0 Å². The Morgan fingerprint density at radius 1 is 1.03 bits per heavy atom. The maximum Gasteiger partial charge on any atom is 0.319 e. The van der Waals surface area contributed by atoms with E-state index < -0.39 is 0 Å². The van der Waals surface area contributed by atoms with E-state index in [0.717, 1.165) is 0 Å². The highest BCUT2D eigenvalue weighted by molar-refractivity contribution is 5.95. The molecule has 0 atom stereocenters. The molecule has 148 valence electrons. The molecule has 8 heteroatoms. The van der Waals surface area contributed by atoms with Gasteiger partial charge >= 0.3 is 6.03 Å². The zero-order valence-electron chi connectivity index (χ0n) is 15.9. The lowest BCUT2D eigenvalue weighted by atomic mass is 10.1. The number of urea groups is 1. The number of hydrogen-bond donors (Lipinski definition) is 3. The summed E-state index contributed by atoms with van der Waals surface area (Å²) in [7, 11) is 1.56. The molecule has 0 saturated carbocycles. The van der Waals surface area contributed by atoms with Crippen LogP contribution in [-0.4, -0.2) is 28.3 Å². The normalized spacial score (nSPS) is 10.4. The predicted octanol–water partition coefficient (Wildman–Crippen LogP) is 2.42. The lowest BCUT2D eigenvalue weighted by Crippen LogP contribution is -2.28. The van der Waals surface area contributed by atoms with Crippen molar-refractivity contribution in [3.05, 3.63) is 77.2 Å². The van der Waals surface area contributed by atoms with Gasteiger partial charge in [0.1, 0.15) is 0 Å². The van der Waals surface area contributed by atoms with Gasteiger partial charge in [-0.05, 0) is 30.3 Å². The van der Waals surface area contributed by atoms with E-state index in [1.807, 2.05) is 6.07 Å². The average Bonchev–Trinajstić information content (AvgIpc) is 2.72. The highest BCUT2D eigenvalue weighted by atomic mass is 16.2. The maximum absolute atomic E-state index is 12.5. The van der Waals surface area contributed by atoms with Gasteiger partial charge in [-0.25, -0.2) is 9.48 Å². The molecule has 3 amide bonds. The summed E-state index contributed by atoms with van der Waals surface area (Å²) < 4.78 is 1.24. The molecule has 0 unspecified atom stereocenters. The van der Waals surface area contributed by atoms with E-state index in [1.165, 1.54) is 4.68 Å². The smallest absolute Gasteiger partial charge is 0.319 e. The van der Waals surface area contributed by atoms with Crippen LogP contribution in [0.1, 0.15) is 5.69 Å². The molecule has 0 aliphatic rings. The number of hydrogen-bond acceptors (Lipinski definition) is 4. The van der Waals surface area contributed by atoms with Crippen LogP contribution in [0, 0.1) is 0 Å². The number of carbonyl (C=O) groups is 2. The van der Waals surface area contributed by atoms with Crippen molar-refractivity contribution in [2.45, 2.75) is 6.42 Å². The lowest BCUT2D eigenvalue weighted by molar-refractivity contribution is -0.115. The summed E-state index contributed by atoms with van der Waals surface area (Å²) in [5.74, 6) is -0.259. The van der Waals surface area contributed by atoms with Crippen LogP contribution < -0.4 is 21.5 Å². The molecule has 3 rings (SSSR count). The summed E-state index contributed by atoms with van der Waals surface area (Å²) in [5, 5.41) is 13.5. The fraction of sp³-hybridized carbons (Fsp3) is 0.143. The Morgan fingerprint density at radius 3 is 2.31 bits per heavy atom. The predicted molar refractivity (Wildman–Crippen MR) is 113 cm³/mol. The van der Waals surface area contributed by atoms with Crippen LogP contribution in [-0.2, 0) is 18.3 Å². The van der Waals surface area contributed by atoms with Gasteiger partial charge in [0, 0.05) is 30.4 Å².